The van der Waals surface area contributed by atoms with Crippen molar-refractivity contribution in [1.29, 1.82) is 0 Å². The van der Waals surface area contributed by atoms with Gasteiger partial charge >= 0.3 is 28.4 Å². The molecule has 0 amide bonds. The Morgan fingerprint density at radius 1 is 0.862 bits per heavy atom. The van der Waals surface area contributed by atoms with E-state index in [0.717, 1.165) is 89.2 Å². The van der Waals surface area contributed by atoms with Crippen molar-refractivity contribution in [2.75, 3.05) is 0 Å². The Morgan fingerprint density at radius 3 is 2.21 bits per heavy atom. The minimum absolute atomic E-state index is 0. The van der Waals surface area contributed by atoms with E-state index in [1.807, 2.05) is 45.9 Å². The van der Waals surface area contributed by atoms with E-state index in [1.54, 1.807) is 0 Å². The number of nitrogens with zero attached hydrogens (tertiary/aromatic N) is 4. The number of carboxylic acids is 1. The SMILES string of the molecule is CCCCCCC/C=C/CCCCCCCC(=O)OC1=C(C)C2=NC1=CC1=NC(=Cc3[n-]c4c(c3C)=C([O-])CC=4C3=NC(=C2)[C@@H](C)[C@@H]3CCC(=O)O)C(CC)=C1C.[Ni+2]. The zero-order valence-electron chi connectivity index (χ0n) is 35.2. The van der Waals surface area contributed by atoms with Crippen molar-refractivity contribution in [3.63, 3.8) is 0 Å². The fourth-order valence-electron chi connectivity index (χ4n) is 8.70. The molecule has 0 aromatic carbocycles. The van der Waals surface area contributed by atoms with Crippen molar-refractivity contribution in [3.8, 4) is 0 Å². The Morgan fingerprint density at radius 2 is 1.52 bits per heavy atom. The fraction of sp³-hybridized carbons (Fsp3) is 0.521. The number of allylic oxidation sites excluding steroid dienone is 8. The summed E-state index contributed by atoms with van der Waals surface area (Å²) in [6, 6.07) is 0. The largest absolute Gasteiger partial charge is 2.00 e. The summed E-state index contributed by atoms with van der Waals surface area (Å²) in [7, 11) is 0. The number of aliphatic carboxylic acids is 1. The molecule has 0 saturated heterocycles. The number of ether oxygens (including phenoxy) is 1. The number of unbranched alkanes of at least 4 members (excludes halogenated alkanes) is 10. The van der Waals surface area contributed by atoms with Gasteiger partial charge in [-0.25, -0.2) is 9.98 Å². The number of esters is 1. The molecule has 6 rings (SSSR count). The summed E-state index contributed by atoms with van der Waals surface area (Å²) < 4.78 is 6.15. The molecule has 312 valence electrons. The van der Waals surface area contributed by atoms with Gasteiger partial charge in [0, 0.05) is 41.7 Å². The van der Waals surface area contributed by atoms with Crippen LogP contribution < -0.4 is 20.7 Å². The van der Waals surface area contributed by atoms with Gasteiger partial charge in [0.25, 0.3) is 0 Å². The smallest absolute Gasteiger partial charge is 0.875 e. The molecule has 4 aliphatic heterocycles. The molecule has 0 spiro atoms. The molecular weight excluding hydrogens is 771 g/mol. The van der Waals surface area contributed by atoms with Crippen LogP contribution in [0.25, 0.3) is 17.4 Å². The molecule has 8 bridgehead atoms. The number of hydrogen-bond acceptors (Lipinski definition) is 7. The first-order valence-electron chi connectivity index (χ1n) is 21.5. The molecular formula is C48H60N4NiO5. The van der Waals surface area contributed by atoms with Crippen molar-refractivity contribution in [1.82, 2.24) is 4.98 Å². The summed E-state index contributed by atoms with van der Waals surface area (Å²) in [4.78, 5) is 45.4. The molecule has 2 atom stereocenters. The Hall–Kier alpha value is -4.30. The van der Waals surface area contributed by atoms with Crippen molar-refractivity contribution in [3.05, 3.63) is 85.7 Å². The van der Waals surface area contributed by atoms with Gasteiger partial charge in [-0.05, 0) is 106 Å². The van der Waals surface area contributed by atoms with Gasteiger partial charge in [-0.15, -0.1) is 16.8 Å². The maximum absolute atomic E-state index is 13.6. The van der Waals surface area contributed by atoms with Gasteiger partial charge in [-0.1, -0.05) is 89.5 Å². The van der Waals surface area contributed by atoms with Crippen molar-refractivity contribution >= 4 is 46.5 Å². The van der Waals surface area contributed by atoms with E-state index in [9.17, 15) is 19.8 Å². The average molecular weight is 832 g/mol. The van der Waals surface area contributed by atoms with Crippen molar-refractivity contribution < 1.29 is 41.0 Å². The van der Waals surface area contributed by atoms with Crippen molar-refractivity contribution in [2.45, 2.75) is 151 Å². The van der Waals surface area contributed by atoms with Crippen LogP contribution in [0.4, 0.5) is 0 Å². The van der Waals surface area contributed by atoms with E-state index in [-0.39, 0.29) is 52.9 Å². The van der Waals surface area contributed by atoms with Crippen LogP contribution in [0, 0.1) is 18.8 Å². The first-order valence-corrected chi connectivity index (χ1v) is 21.5. The average Bonchev–Trinajstić information content (AvgIpc) is 3.93. The van der Waals surface area contributed by atoms with Crippen LogP contribution in [0.1, 0.15) is 155 Å². The number of hydrogen-bond donors (Lipinski definition) is 1. The molecule has 5 heterocycles. The summed E-state index contributed by atoms with van der Waals surface area (Å²) >= 11 is 0. The molecule has 0 unspecified atom stereocenters. The molecule has 1 aromatic rings. The van der Waals surface area contributed by atoms with Crippen LogP contribution in [0.3, 0.4) is 0 Å². The van der Waals surface area contributed by atoms with Crippen LogP contribution >= 0.6 is 0 Å². The van der Waals surface area contributed by atoms with Crippen LogP contribution in [0.2, 0.25) is 0 Å². The van der Waals surface area contributed by atoms with Crippen LogP contribution in [-0.2, 0) is 30.8 Å². The normalized spacial score (nSPS) is 19.7. The summed E-state index contributed by atoms with van der Waals surface area (Å²) in [6.07, 6.45) is 26.2. The number of aromatic nitrogens is 1. The van der Waals surface area contributed by atoms with Gasteiger partial charge in [-0.3, -0.25) is 14.6 Å². The van der Waals surface area contributed by atoms with E-state index >= 15 is 0 Å². The van der Waals surface area contributed by atoms with Crippen molar-refractivity contribution in [2.24, 2.45) is 26.8 Å². The van der Waals surface area contributed by atoms with Gasteiger partial charge in [0.15, 0.2) is 5.76 Å². The zero-order chi connectivity index (χ0) is 40.6. The summed E-state index contributed by atoms with van der Waals surface area (Å²) in [6.45, 7) is 12.3. The molecule has 58 heavy (non-hydrogen) atoms. The van der Waals surface area contributed by atoms with Crippen LogP contribution in [0.15, 0.2) is 78.9 Å². The molecule has 5 aliphatic rings. The Bertz CT molecular complexity index is 2190. The number of carboxylic acid groups (broad SMARTS) is 1. The second-order valence-electron chi connectivity index (χ2n) is 16.2. The first kappa shape index (κ1) is 44.8. The molecule has 9 nitrogen and oxygen atoms in total. The zero-order valence-corrected chi connectivity index (χ0v) is 36.2. The van der Waals surface area contributed by atoms with Gasteiger partial charge in [0.2, 0.25) is 0 Å². The maximum Gasteiger partial charge on any atom is 2.00 e. The minimum Gasteiger partial charge on any atom is -0.875 e. The number of fused-ring (bicyclic) bond motifs is 5. The van der Waals surface area contributed by atoms with Gasteiger partial charge in [0.1, 0.15) is 5.70 Å². The summed E-state index contributed by atoms with van der Waals surface area (Å²) in [5.74, 6) is -1.08. The number of rotatable bonds is 19. The molecule has 0 fully saturated rings. The monoisotopic (exact) mass is 830 g/mol. The van der Waals surface area contributed by atoms with E-state index in [0.29, 0.717) is 46.3 Å². The molecule has 1 aliphatic carbocycles. The molecule has 0 saturated carbocycles. The third-order valence-electron chi connectivity index (χ3n) is 12.2. The predicted octanol–water partition coefficient (Wildman–Crippen LogP) is 8.77. The summed E-state index contributed by atoms with van der Waals surface area (Å²) in [5.41, 5.74) is 9.27. The minimum atomic E-state index is -0.875. The summed E-state index contributed by atoms with van der Waals surface area (Å²) in [5, 5.41) is 24.5. The van der Waals surface area contributed by atoms with Crippen LogP contribution in [0.5, 0.6) is 0 Å². The number of carbonyl (C=O) groups is 2. The standard InChI is InChI=1S/C48H62N4O5.Ni/c1-7-9-10-11-12-13-14-15-16-17-18-19-20-21-22-44(56)57-48-32(6)39-26-37-30(4)34(23-24-43(54)55)46(51-37)35-25-42(53)45-31(5)38(52-47(35)45)27-40-33(8-2)29(3)36(49-40)28-41(48)50-39;/h14-15,26-28,30,34H,7-13,16-25H2,1-6H3,(H3,49,50,51,52,53,54,55);/q;+2/p-2/b15-14+;/t30-,34-;/m0./s1. The fourth-order valence-corrected chi connectivity index (χ4v) is 8.70. The molecule has 1 aromatic heterocycles. The van der Waals surface area contributed by atoms with E-state index in [2.05, 4.69) is 26.0 Å². The topological polar surface area (TPSA) is 138 Å². The van der Waals surface area contributed by atoms with Gasteiger partial charge in [0.05, 0.1) is 17.1 Å². The van der Waals surface area contributed by atoms with Gasteiger partial charge in [-0.2, -0.15) is 0 Å². The van der Waals surface area contributed by atoms with E-state index in [1.165, 1.54) is 44.9 Å². The van der Waals surface area contributed by atoms with Gasteiger partial charge < -0.3 is 19.9 Å². The molecule has 10 heteroatoms. The third-order valence-corrected chi connectivity index (χ3v) is 12.2. The molecule has 1 N–H and O–H groups in total. The first-order chi connectivity index (χ1) is 27.5. The second kappa shape index (κ2) is 20.6. The Kier molecular flexibility index (Phi) is 15.9. The number of carbonyl (C=O) groups excluding carboxylic acids is 1. The maximum atomic E-state index is 13.6. The third kappa shape index (κ3) is 10.1. The second-order valence-corrected chi connectivity index (χ2v) is 16.2. The predicted molar refractivity (Wildman–Crippen MR) is 228 cm³/mol. The van der Waals surface area contributed by atoms with Crippen LogP contribution in [-0.4, -0.2) is 34.2 Å². The quantitative estimate of drug-likeness (QED) is 0.0641. The van der Waals surface area contributed by atoms with E-state index < -0.39 is 5.97 Å². The Balaban J connectivity index is 0.00000641. The van der Waals surface area contributed by atoms with E-state index in [4.69, 9.17) is 24.7 Å². The Labute approximate surface area is 354 Å². The molecule has 0 radical (unpaired) electrons. The number of aliphatic imine (C=N–C) groups is 3.